The number of hydrogen-bond donors (Lipinski definition) is 1. The maximum Gasteiger partial charge on any atom is 0.349 e. The summed E-state index contributed by atoms with van der Waals surface area (Å²) in [5.74, 6) is 1.16. The number of carbonyl (C=O) groups is 1. The van der Waals surface area contributed by atoms with E-state index >= 15 is 0 Å². The Bertz CT molecular complexity index is 1340. The van der Waals surface area contributed by atoms with E-state index in [0.29, 0.717) is 16.7 Å². The highest BCUT2D eigenvalue weighted by Gasteiger charge is 2.17. The molecule has 1 fully saturated rings. The van der Waals surface area contributed by atoms with Gasteiger partial charge in [-0.2, -0.15) is 0 Å². The summed E-state index contributed by atoms with van der Waals surface area (Å²) in [7, 11) is 0. The number of piperidine rings is 1. The summed E-state index contributed by atoms with van der Waals surface area (Å²) < 4.78 is 5.25. The Morgan fingerprint density at radius 2 is 1.76 bits per heavy atom. The standard InChI is InChI=1S/C26H24N4O3/c1-17-12-14-30(15-13-17)24-11-10-22(28-29-24)18-6-8-20(9-7-18)27-25(31)21-16-19-4-2-3-5-23(19)33-26(21)32/h2-11,16-17H,12-15H2,1H3,(H,27,31). The first-order valence-electron chi connectivity index (χ1n) is 11.1. The maximum atomic E-state index is 12.6. The zero-order valence-corrected chi connectivity index (χ0v) is 18.3. The van der Waals surface area contributed by atoms with Gasteiger partial charge in [0.1, 0.15) is 11.1 Å². The lowest BCUT2D eigenvalue weighted by molar-refractivity contribution is 0.102. The number of amides is 1. The Kier molecular flexibility index (Phi) is 5.60. The second-order valence-electron chi connectivity index (χ2n) is 8.46. The highest BCUT2D eigenvalue weighted by Crippen LogP contribution is 2.24. The fraction of sp³-hybridized carbons (Fsp3) is 0.231. The van der Waals surface area contributed by atoms with Gasteiger partial charge in [-0.25, -0.2) is 4.79 Å². The predicted octanol–water partition coefficient (Wildman–Crippen LogP) is 4.74. The van der Waals surface area contributed by atoms with E-state index in [1.165, 1.54) is 12.8 Å². The van der Waals surface area contributed by atoms with Crippen molar-refractivity contribution in [2.24, 2.45) is 5.92 Å². The number of hydrogen-bond acceptors (Lipinski definition) is 6. The average molecular weight is 441 g/mol. The fourth-order valence-electron chi connectivity index (χ4n) is 4.03. The van der Waals surface area contributed by atoms with Gasteiger partial charge < -0.3 is 14.6 Å². The summed E-state index contributed by atoms with van der Waals surface area (Å²) in [5, 5.41) is 12.2. The summed E-state index contributed by atoms with van der Waals surface area (Å²) in [4.78, 5) is 27.1. The molecule has 7 heteroatoms. The number of fused-ring (bicyclic) bond motifs is 1. The first-order chi connectivity index (χ1) is 16.1. The summed E-state index contributed by atoms with van der Waals surface area (Å²) in [6, 6.07) is 19.9. The molecule has 1 saturated heterocycles. The summed E-state index contributed by atoms with van der Waals surface area (Å²) in [6.45, 7) is 4.31. The van der Waals surface area contributed by atoms with Crippen molar-refractivity contribution in [3.05, 3.63) is 82.7 Å². The second-order valence-corrected chi connectivity index (χ2v) is 8.46. The molecular weight excluding hydrogens is 416 g/mol. The van der Waals surface area contributed by atoms with Crippen LogP contribution in [-0.4, -0.2) is 29.2 Å². The summed E-state index contributed by atoms with van der Waals surface area (Å²) >= 11 is 0. The number of benzene rings is 2. The van der Waals surface area contributed by atoms with Gasteiger partial charge in [0, 0.05) is 29.7 Å². The molecule has 2 aromatic heterocycles. The van der Waals surface area contributed by atoms with Gasteiger partial charge in [-0.1, -0.05) is 37.3 Å². The third-order valence-corrected chi connectivity index (χ3v) is 6.08. The van der Waals surface area contributed by atoms with Crippen LogP contribution < -0.4 is 15.8 Å². The SMILES string of the molecule is CC1CCN(c2ccc(-c3ccc(NC(=O)c4cc5ccccc5oc4=O)cc3)nn2)CC1. The van der Waals surface area contributed by atoms with Crippen molar-refractivity contribution in [1.29, 1.82) is 0 Å². The first kappa shape index (κ1) is 20.9. The van der Waals surface area contributed by atoms with Crippen molar-refractivity contribution < 1.29 is 9.21 Å². The van der Waals surface area contributed by atoms with E-state index in [4.69, 9.17) is 4.42 Å². The first-order valence-corrected chi connectivity index (χ1v) is 11.1. The second kappa shape index (κ2) is 8.86. The largest absolute Gasteiger partial charge is 0.422 e. The fourth-order valence-corrected chi connectivity index (χ4v) is 4.03. The molecule has 2 aromatic carbocycles. The van der Waals surface area contributed by atoms with Crippen molar-refractivity contribution in [3.63, 3.8) is 0 Å². The third kappa shape index (κ3) is 4.48. The topological polar surface area (TPSA) is 88.3 Å². The molecule has 7 nitrogen and oxygen atoms in total. The van der Waals surface area contributed by atoms with E-state index in [9.17, 15) is 9.59 Å². The molecular formula is C26H24N4O3. The molecule has 5 rings (SSSR count). The van der Waals surface area contributed by atoms with Crippen LogP contribution in [0.2, 0.25) is 0 Å². The molecule has 1 aliphatic heterocycles. The lowest BCUT2D eigenvalue weighted by Crippen LogP contribution is -2.33. The lowest BCUT2D eigenvalue weighted by atomic mass is 9.99. The van der Waals surface area contributed by atoms with Gasteiger partial charge in [-0.15, -0.1) is 10.2 Å². The van der Waals surface area contributed by atoms with E-state index in [2.05, 4.69) is 27.3 Å². The van der Waals surface area contributed by atoms with E-state index in [1.807, 2.05) is 30.3 Å². The van der Waals surface area contributed by atoms with Crippen LogP contribution >= 0.6 is 0 Å². The monoisotopic (exact) mass is 440 g/mol. The molecule has 33 heavy (non-hydrogen) atoms. The molecule has 166 valence electrons. The molecule has 1 N–H and O–H groups in total. The minimum absolute atomic E-state index is 0.0358. The van der Waals surface area contributed by atoms with Gasteiger partial charge in [0.25, 0.3) is 5.91 Å². The maximum absolute atomic E-state index is 12.6. The van der Waals surface area contributed by atoms with Crippen molar-refractivity contribution in [2.45, 2.75) is 19.8 Å². The summed E-state index contributed by atoms with van der Waals surface area (Å²) in [6.07, 6.45) is 2.36. The molecule has 0 saturated carbocycles. The van der Waals surface area contributed by atoms with Crippen LogP contribution in [0.1, 0.15) is 30.1 Å². The van der Waals surface area contributed by atoms with Gasteiger partial charge in [-0.3, -0.25) is 4.79 Å². The van der Waals surface area contributed by atoms with Crippen LogP contribution in [0.25, 0.3) is 22.2 Å². The van der Waals surface area contributed by atoms with E-state index in [0.717, 1.165) is 36.1 Å². The van der Waals surface area contributed by atoms with E-state index < -0.39 is 11.5 Å². The normalized spacial score (nSPS) is 14.4. The van der Waals surface area contributed by atoms with Crippen molar-refractivity contribution in [3.8, 4) is 11.3 Å². The van der Waals surface area contributed by atoms with E-state index in [1.54, 1.807) is 36.4 Å². The molecule has 0 atom stereocenters. The van der Waals surface area contributed by atoms with Gasteiger partial charge in [-0.05, 0) is 55.2 Å². The number of para-hydroxylation sites is 1. The minimum Gasteiger partial charge on any atom is -0.422 e. The average Bonchev–Trinajstić information content (AvgIpc) is 2.85. The van der Waals surface area contributed by atoms with Crippen LogP contribution in [0.15, 0.2) is 75.9 Å². The molecule has 4 aromatic rings. The van der Waals surface area contributed by atoms with Crippen molar-refractivity contribution in [2.75, 3.05) is 23.3 Å². The Morgan fingerprint density at radius 1 is 1.00 bits per heavy atom. The minimum atomic E-state index is -0.665. The Balaban J connectivity index is 1.28. The van der Waals surface area contributed by atoms with Crippen LogP contribution in [-0.2, 0) is 0 Å². The van der Waals surface area contributed by atoms with Crippen molar-refractivity contribution >= 4 is 28.4 Å². The highest BCUT2D eigenvalue weighted by atomic mass is 16.4. The van der Waals surface area contributed by atoms with Crippen LogP contribution in [0.4, 0.5) is 11.5 Å². The van der Waals surface area contributed by atoms with Gasteiger partial charge >= 0.3 is 5.63 Å². The smallest absolute Gasteiger partial charge is 0.349 e. The Morgan fingerprint density at radius 3 is 2.48 bits per heavy atom. The number of carbonyl (C=O) groups excluding carboxylic acids is 1. The molecule has 1 amide bonds. The molecule has 0 radical (unpaired) electrons. The number of nitrogens with zero attached hydrogens (tertiary/aromatic N) is 3. The van der Waals surface area contributed by atoms with Crippen LogP contribution in [0, 0.1) is 5.92 Å². The molecule has 0 unspecified atom stereocenters. The third-order valence-electron chi connectivity index (χ3n) is 6.08. The molecule has 0 spiro atoms. The van der Waals surface area contributed by atoms with Crippen LogP contribution in [0.5, 0.6) is 0 Å². The molecule has 3 heterocycles. The lowest BCUT2D eigenvalue weighted by Gasteiger charge is -2.30. The van der Waals surface area contributed by atoms with Crippen molar-refractivity contribution in [1.82, 2.24) is 10.2 Å². The number of anilines is 2. The Hall–Kier alpha value is -4.00. The van der Waals surface area contributed by atoms with Gasteiger partial charge in [0.15, 0.2) is 5.82 Å². The van der Waals surface area contributed by atoms with Gasteiger partial charge in [0.2, 0.25) is 0 Å². The number of nitrogens with one attached hydrogen (secondary N) is 1. The zero-order valence-electron chi connectivity index (χ0n) is 18.3. The highest BCUT2D eigenvalue weighted by molar-refractivity contribution is 6.05. The molecule has 0 aliphatic carbocycles. The predicted molar refractivity (Wildman–Crippen MR) is 129 cm³/mol. The number of rotatable bonds is 4. The quantitative estimate of drug-likeness (QED) is 0.461. The summed E-state index contributed by atoms with van der Waals surface area (Å²) in [5.41, 5.74) is 1.98. The van der Waals surface area contributed by atoms with Crippen LogP contribution in [0.3, 0.4) is 0 Å². The number of aromatic nitrogens is 2. The zero-order chi connectivity index (χ0) is 22.8. The van der Waals surface area contributed by atoms with Gasteiger partial charge in [0.05, 0.1) is 5.69 Å². The molecule has 0 bridgehead atoms. The molecule has 1 aliphatic rings. The Labute approximate surface area is 191 Å². The van der Waals surface area contributed by atoms with E-state index in [-0.39, 0.29) is 5.56 Å².